The number of thioether (sulfide) groups is 1. The molecule has 0 N–H and O–H groups in total. The molecule has 68 valence electrons. The van der Waals surface area contributed by atoms with E-state index in [2.05, 4.69) is 31.9 Å². The van der Waals surface area contributed by atoms with E-state index >= 15 is 0 Å². The smallest absolute Gasteiger partial charge is 0.148 e. The monoisotopic (exact) mass is 321 g/mol. The van der Waals surface area contributed by atoms with Crippen molar-refractivity contribution in [2.45, 2.75) is 0 Å². The first kappa shape index (κ1) is 10.9. The minimum absolute atomic E-state index is 0.344. The second kappa shape index (κ2) is 5.53. The largest absolute Gasteiger partial charge is 0.481 e. The Hall–Kier alpha value is -0.180. The molecule has 0 aliphatic heterocycles. The van der Waals surface area contributed by atoms with Gasteiger partial charge in [-0.15, -0.1) is 0 Å². The second-order valence-electron chi connectivity index (χ2n) is 2.07. The van der Waals surface area contributed by atoms with Gasteiger partial charge in [-0.25, -0.2) is 0 Å². The van der Waals surface area contributed by atoms with Gasteiger partial charge in [0.25, 0.3) is 0 Å². The number of nitriles is 1. The average Bonchev–Trinajstić information content (AvgIpc) is 2.09. The summed E-state index contributed by atoms with van der Waals surface area (Å²) < 4.78 is 7.17. The third-order valence-corrected chi connectivity index (χ3v) is 2.71. The predicted octanol–water partition coefficient (Wildman–Crippen LogP) is 3.76. The minimum atomic E-state index is 0.344. The number of benzene rings is 1. The number of hydrogen-bond donors (Lipinski definition) is 0. The topological polar surface area (TPSA) is 33.0 Å². The van der Waals surface area contributed by atoms with Crippen molar-refractivity contribution >= 4 is 43.6 Å². The summed E-state index contributed by atoms with van der Waals surface area (Å²) in [7, 11) is 0. The summed E-state index contributed by atoms with van der Waals surface area (Å²) >= 11 is 7.75. The molecule has 0 saturated heterocycles. The van der Waals surface area contributed by atoms with Crippen LogP contribution in [0.3, 0.4) is 0 Å². The van der Waals surface area contributed by atoms with Crippen LogP contribution in [0.2, 0.25) is 0 Å². The van der Waals surface area contributed by atoms with E-state index in [-0.39, 0.29) is 0 Å². The highest BCUT2D eigenvalue weighted by Crippen LogP contribution is 2.28. The van der Waals surface area contributed by atoms with E-state index in [0.29, 0.717) is 5.94 Å². The molecule has 0 aliphatic rings. The van der Waals surface area contributed by atoms with E-state index in [1.165, 1.54) is 0 Å². The van der Waals surface area contributed by atoms with Gasteiger partial charge < -0.3 is 4.74 Å². The molecule has 2 nitrogen and oxygen atoms in total. The Labute approximate surface area is 97.5 Å². The SMILES string of the molecule is N#CSCOc1ccc(Br)cc1Br. The van der Waals surface area contributed by atoms with Crippen LogP contribution >= 0.6 is 43.6 Å². The summed E-state index contributed by atoms with van der Waals surface area (Å²) in [5, 5.41) is 10.2. The van der Waals surface area contributed by atoms with Gasteiger partial charge in [0.05, 0.1) is 4.47 Å². The molecule has 0 bridgehead atoms. The number of rotatable bonds is 3. The van der Waals surface area contributed by atoms with Gasteiger partial charge >= 0.3 is 0 Å². The Balaban J connectivity index is 2.62. The van der Waals surface area contributed by atoms with Crippen LogP contribution in [-0.4, -0.2) is 5.94 Å². The van der Waals surface area contributed by atoms with Gasteiger partial charge in [-0.3, -0.25) is 0 Å². The number of ether oxygens (including phenoxy) is 1. The molecular weight excluding hydrogens is 318 g/mol. The van der Waals surface area contributed by atoms with Crippen molar-refractivity contribution in [3.05, 3.63) is 27.1 Å². The van der Waals surface area contributed by atoms with E-state index in [0.717, 1.165) is 26.5 Å². The van der Waals surface area contributed by atoms with Crippen molar-refractivity contribution in [2.75, 3.05) is 5.94 Å². The van der Waals surface area contributed by atoms with Crippen LogP contribution in [0.1, 0.15) is 0 Å². The third kappa shape index (κ3) is 3.59. The van der Waals surface area contributed by atoms with Crippen LogP contribution in [0.5, 0.6) is 5.75 Å². The molecular formula is C8H5Br2NOS. The lowest BCUT2D eigenvalue weighted by Crippen LogP contribution is -1.91. The molecule has 0 amide bonds. The summed E-state index contributed by atoms with van der Waals surface area (Å²) in [6.07, 6.45) is 0. The molecule has 1 rings (SSSR count). The number of hydrogen-bond acceptors (Lipinski definition) is 3. The predicted molar refractivity (Wildman–Crippen MR) is 60.5 cm³/mol. The Bertz CT molecular complexity index is 337. The maximum atomic E-state index is 8.27. The van der Waals surface area contributed by atoms with Gasteiger partial charge in [-0.1, -0.05) is 15.9 Å². The zero-order valence-corrected chi connectivity index (χ0v) is 10.4. The fourth-order valence-electron chi connectivity index (χ4n) is 0.712. The lowest BCUT2D eigenvalue weighted by molar-refractivity contribution is 0.391. The number of nitrogens with zero attached hydrogens (tertiary/aromatic N) is 1. The molecule has 0 aliphatic carbocycles. The molecule has 0 fully saturated rings. The van der Waals surface area contributed by atoms with Crippen LogP contribution in [0.25, 0.3) is 0 Å². The van der Waals surface area contributed by atoms with Crippen molar-refractivity contribution < 1.29 is 4.74 Å². The maximum Gasteiger partial charge on any atom is 0.148 e. The zero-order chi connectivity index (χ0) is 9.68. The van der Waals surface area contributed by atoms with Crippen molar-refractivity contribution in [2.24, 2.45) is 0 Å². The Morgan fingerprint density at radius 1 is 1.46 bits per heavy atom. The lowest BCUT2D eigenvalue weighted by atomic mass is 10.3. The van der Waals surface area contributed by atoms with Crippen molar-refractivity contribution in [1.82, 2.24) is 0 Å². The summed E-state index contributed by atoms with van der Waals surface area (Å²) in [6, 6.07) is 5.62. The Morgan fingerprint density at radius 2 is 2.23 bits per heavy atom. The van der Waals surface area contributed by atoms with Gasteiger partial charge in [0.2, 0.25) is 0 Å². The average molecular weight is 323 g/mol. The van der Waals surface area contributed by atoms with E-state index in [1.54, 1.807) is 0 Å². The molecule has 5 heteroatoms. The van der Waals surface area contributed by atoms with Crippen LogP contribution < -0.4 is 4.74 Å². The highest BCUT2D eigenvalue weighted by atomic mass is 79.9. The highest BCUT2D eigenvalue weighted by molar-refractivity contribution is 9.11. The van der Waals surface area contributed by atoms with Gasteiger partial charge in [0.1, 0.15) is 17.1 Å². The van der Waals surface area contributed by atoms with Crippen molar-refractivity contribution in [3.8, 4) is 11.2 Å². The van der Waals surface area contributed by atoms with Gasteiger partial charge in [0, 0.05) is 4.47 Å². The van der Waals surface area contributed by atoms with E-state index in [9.17, 15) is 0 Å². The summed E-state index contributed by atoms with van der Waals surface area (Å²) in [4.78, 5) is 0. The van der Waals surface area contributed by atoms with Crippen molar-refractivity contribution in [3.63, 3.8) is 0 Å². The summed E-state index contributed by atoms with van der Waals surface area (Å²) in [5.74, 6) is 1.09. The Morgan fingerprint density at radius 3 is 2.85 bits per heavy atom. The highest BCUT2D eigenvalue weighted by Gasteiger charge is 2.00. The quantitative estimate of drug-likeness (QED) is 0.482. The first-order valence-electron chi connectivity index (χ1n) is 3.33. The number of halogens is 2. The normalized spacial score (nSPS) is 9.31. The fourth-order valence-corrected chi connectivity index (χ4v) is 2.11. The van der Waals surface area contributed by atoms with Crippen LogP contribution in [0, 0.1) is 10.7 Å². The first-order valence-corrected chi connectivity index (χ1v) is 5.90. The van der Waals surface area contributed by atoms with Crippen LogP contribution in [-0.2, 0) is 0 Å². The van der Waals surface area contributed by atoms with Crippen LogP contribution in [0.15, 0.2) is 27.1 Å². The molecule has 13 heavy (non-hydrogen) atoms. The summed E-state index contributed by atoms with van der Waals surface area (Å²) in [6.45, 7) is 0. The Kier molecular flexibility index (Phi) is 4.64. The lowest BCUT2D eigenvalue weighted by Gasteiger charge is -2.05. The molecule has 0 spiro atoms. The molecule has 0 radical (unpaired) electrons. The fraction of sp³-hybridized carbons (Fsp3) is 0.125. The number of thiocyanates is 1. The molecule has 0 atom stereocenters. The standard InChI is InChI=1S/C8H5Br2NOS/c9-6-1-2-8(7(10)3-6)12-5-13-4-11/h1-3H,5H2. The maximum absolute atomic E-state index is 8.27. The second-order valence-corrected chi connectivity index (χ2v) is 4.55. The summed E-state index contributed by atoms with van der Waals surface area (Å²) in [5.41, 5.74) is 0. The molecule has 0 aromatic heterocycles. The molecule has 0 saturated carbocycles. The molecule has 1 aromatic carbocycles. The zero-order valence-electron chi connectivity index (χ0n) is 6.46. The van der Waals surface area contributed by atoms with Crippen LogP contribution in [0.4, 0.5) is 0 Å². The third-order valence-electron chi connectivity index (χ3n) is 1.23. The molecule has 0 unspecified atom stereocenters. The van der Waals surface area contributed by atoms with Crippen molar-refractivity contribution in [1.29, 1.82) is 5.26 Å². The van der Waals surface area contributed by atoms with E-state index in [1.807, 2.05) is 23.6 Å². The van der Waals surface area contributed by atoms with Gasteiger partial charge in [-0.05, 0) is 45.9 Å². The van der Waals surface area contributed by atoms with E-state index in [4.69, 9.17) is 10.00 Å². The minimum Gasteiger partial charge on any atom is -0.481 e. The van der Waals surface area contributed by atoms with E-state index < -0.39 is 0 Å². The van der Waals surface area contributed by atoms with Gasteiger partial charge in [0.15, 0.2) is 0 Å². The first-order chi connectivity index (χ1) is 6.24. The molecule has 1 aromatic rings. The van der Waals surface area contributed by atoms with Gasteiger partial charge in [-0.2, -0.15) is 5.26 Å². The molecule has 0 heterocycles.